The minimum atomic E-state index is -0.0860. The predicted molar refractivity (Wildman–Crippen MR) is 71.4 cm³/mol. The number of nitrogen functional groups attached to an aromatic ring is 1. The minimum Gasteiger partial charge on any atom is -0.398 e. The zero-order valence-corrected chi connectivity index (χ0v) is 11.3. The number of nitrogens with two attached hydrogens (primary N) is 1. The third-order valence-corrected chi connectivity index (χ3v) is 4.07. The Morgan fingerprint density at radius 1 is 1.59 bits per heavy atom. The molecule has 0 saturated carbocycles. The molecule has 1 aliphatic rings. The number of anilines is 1. The highest BCUT2D eigenvalue weighted by atomic mass is 79.9. The Labute approximate surface area is 109 Å². The van der Waals surface area contributed by atoms with Crippen molar-refractivity contribution in [3.05, 3.63) is 28.2 Å². The highest BCUT2D eigenvalue weighted by molar-refractivity contribution is 9.10. The molecule has 1 aliphatic heterocycles. The van der Waals surface area contributed by atoms with Crippen LogP contribution in [0.1, 0.15) is 12.5 Å². The van der Waals surface area contributed by atoms with Gasteiger partial charge in [-0.15, -0.1) is 0 Å². The number of hydrogen-bond acceptors (Lipinski definition) is 3. The van der Waals surface area contributed by atoms with Gasteiger partial charge in [-0.25, -0.2) is 0 Å². The van der Waals surface area contributed by atoms with Crippen molar-refractivity contribution in [1.29, 1.82) is 0 Å². The summed E-state index contributed by atoms with van der Waals surface area (Å²) in [6, 6.07) is 5.74. The lowest BCUT2D eigenvalue weighted by molar-refractivity contribution is -0.128. The fraction of sp³-hybridized carbons (Fsp3) is 0.417. The van der Waals surface area contributed by atoms with Gasteiger partial charge in [-0.2, -0.15) is 0 Å². The molecule has 92 valence electrons. The van der Waals surface area contributed by atoms with E-state index in [-0.39, 0.29) is 11.9 Å². The van der Waals surface area contributed by atoms with Crippen LogP contribution in [-0.2, 0) is 11.3 Å². The molecule has 0 aliphatic carbocycles. The van der Waals surface area contributed by atoms with Gasteiger partial charge in [0.15, 0.2) is 0 Å². The summed E-state index contributed by atoms with van der Waals surface area (Å²) in [5.74, 6) is 0.0938. The number of nitrogens with one attached hydrogen (secondary N) is 1. The van der Waals surface area contributed by atoms with Crippen LogP contribution in [0.15, 0.2) is 22.7 Å². The van der Waals surface area contributed by atoms with Crippen molar-refractivity contribution in [1.82, 2.24) is 10.2 Å². The zero-order valence-electron chi connectivity index (χ0n) is 9.74. The molecule has 4 nitrogen and oxygen atoms in total. The van der Waals surface area contributed by atoms with Gasteiger partial charge in [-0.05, 0) is 34.5 Å². The Morgan fingerprint density at radius 2 is 2.35 bits per heavy atom. The first-order chi connectivity index (χ1) is 8.09. The van der Waals surface area contributed by atoms with E-state index in [1.54, 1.807) is 0 Å². The molecule has 0 bridgehead atoms. The monoisotopic (exact) mass is 297 g/mol. The van der Waals surface area contributed by atoms with Crippen LogP contribution in [0.2, 0.25) is 0 Å². The molecule has 17 heavy (non-hydrogen) atoms. The second-order valence-corrected chi connectivity index (χ2v) is 5.05. The van der Waals surface area contributed by atoms with Gasteiger partial charge in [0.25, 0.3) is 0 Å². The first-order valence-corrected chi connectivity index (χ1v) is 6.43. The third kappa shape index (κ3) is 2.61. The average Bonchev–Trinajstić information content (AvgIpc) is 2.31. The molecule has 1 aromatic carbocycles. The lowest BCUT2D eigenvalue weighted by Crippen LogP contribution is -2.53. The summed E-state index contributed by atoms with van der Waals surface area (Å²) in [6.45, 7) is 4.24. The standard InChI is InChI=1S/C12H16BrN3O/c1-8-12(17)15-5-6-16(8)7-9-3-2-4-10(14)11(9)13/h2-4,8H,5-7,14H2,1H3,(H,15,17). The number of nitrogens with zero attached hydrogens (tertiary/aromatic N) is 1. The van der Waals surface area contributed by atoms with E-state index in [0.717, 1.165) is 28.8 Å². The Kier molecular flexibility index (Phi) is 3.69. The molecular formula is C12H16BrN3O. The van der Waals surface area contributed by atoms with Crippen LogP contribution in [0, 0.1) is 0 Å². The van der Waals surface area contributed by atoms with E-state index in [1.165, 1.54) is 0 Å². The van der Waals surface area contributed by atoms with Gasteiger partial charge in [-0.1, -0.05) is 12.1 Å². The van der Waals surface area contributed by atoms with E-state index in [9.17, 15) is 4.79 Å². The number of benzene rings is 1. The van der Waals surface area contributed by atoms with Crippen LogP contribution in [0.4, 0.5) is 5.69 Å². The number of halogens is 1. The van der Waals surface area contributed by atoms with Gasteiger partial charge in [-0.3, -0.25) is 9.69 Å². The molecule has 1 atom stereocenters. The van der Waals surface area contributed by atoms with Gasteiger partial charge in [0.05, 0.1) is 6.04 Å². The van der Waals surface area contributed by atoms with E-state index in [0.29, 0.717) is 6.54 Å². The topological polar surface area (TPSA) is 58.4 Å². The first kappa shape index (κ1) is 12.4. The van der Waals surface area contributed by atoms with E-state index >= 15 is 0 Å². The molecule has 0 spiro atoms. The summed E-state index contributed by atoms with van der Waals surface area (Å²) >= 11 is 3.49. The summed E-state index contributed by atoms with van der Waals surface area (Å²) in [5, 5.41) is 2.86. The van der Waals surface area contributed by atoms with Crippen molar-refractivity contribution in [3.63, 3.8) is 0 Å². The van der Waals surface area contributed by atoms with Crippen molar-refractivity contribution in [3.8, 4) is 0 Å². The van der Waals surface area contributed by atoms with Crippen LogP contribution >= 0.6 is 15.9 Å². The average molecular weight is 298 g/mol. The van der Waals surface area contributed by atoms with Crippen molar-refractivity contribution < 1.29 is 4.79 Å². The Balaban J connectivity index is 2.15. The molecule has 2 rings (SSSR count). The summed E-state index contributed by atoms with van der Waals surface area (Å²) in [5.41, 5.74) is 7.69. The van der Waals surface area contributed by atoms with Gasteiger partial charge in [0.2, 0.25) is 5.91 Å². The van der Waals surface area contributed by atoms with Crippen molar-refractivity contribution >= 4 is 27.5 Å². The predicted octanol–water partition coefficient (Wildman–Crippen LogP) is 1.35. The van der Waals surface area contributed by atoms with E-state index in [2.05, 4.69) is 26.1 Å². The number of amides is 1. The van der Waals surface area contributed by atoms with Crippen molar-refractivity contribution in [2.75, 3.05) is 18.8 Å². The van der Waals surface area contributed by atoms with E-state index in [1.807, 2.05) is 25.1 Å². The quantitative estimate of drug-likeness (QED) is 0.810. The second-order valence-electron chi connectivity index (χ2n) is 4.26. The van der Waals surface area contributed by atoms with Crippen molar-refractivity contribution in [2.24, 2.45) is 0 Å². The summed E-state index contributed by atoms with van der Waals surface area (Å²) in [7, 11) is 0. The number of hydrogen-bond donors (Lipinski definition) is 2. The lowest BCUT2D eigenvalue weighted by atomic mass is 10.1. The van der Waals surface area contributed by atoms with E-state index < -0.39 is 0 Å². The highest BCUT2D eigenvalue weighted by Gasteiger charge is 2.25. The minimum absolute atomic E-state index is 0.0860. The number of carbonyl (C=O) groups excluding carboxylic acids is 1. The first-order valence-electron chi connectivity index (χ1n) is 5.64. The number of piperazine rings is 1. The smallest absolute Gasteiger partial charge is 0.237 e. The molecule has 1 fully saturated rings. The zero-order chi connectivity index (χ0) is 12.4. The molecule has 1 saturated heterocycles. The maximum absolute atomic E-state index is 11.6. The highest BCUT2D eigenvalue weighted by Crippen LogP contribution is 2.25. The Hall–Kier alpha value is -1.07. The molecule has 5 heteroatoms. The molecule has 1 heterocycles. The Morgan fingerprint density at radius 3 is 3.12 bits per heavy atom. The maximum atomic E-state index is 11.6. The second kappa shape index (κ2) is 5.06. The molecule has 1 unspecified atom stereocenters. The molecule has 0 radical (unpaired) electrons. The summed E-state index contributed by atoms with van der Waals surface area (Å²) in [6.07, 6.45) is 0. The van der Waals surface area contributed by atoms with Crippen molar-refractivity contribution in [2.45, 2.75) is 19.5 Å². The van der Waals surface area contributed by atoms with Gasteiger partial charge < -0.3 is 11.1 Å². The molecule has 1 amide bonds. The van der Waals surface area contributed by atoms with Crippen LogP contribution < -0.4 is 11.1 Å². The van der Waals surface area contributed by atoms with Gasteiger partial charge >= 0.3 is 0 Å². The Bertz CT molecular complexity index is 436. The summed E-state index contributed by atoms with van der Waals surface area (Å²) < 4.78 is 0.929. The van der Waals surface area contributed by atoms with Crippen LogP contribution in [0.25, 0.3) is 0 Å². The summed E-state index contributed by atoms with van der Waals surface area (Å²) in [4.78, 5) is 13.7. The van der Waals surface area contributed by atoms with Crippen LogP contribution in [0.3, 0.4) is 0 Å². The van der Waals surface area contributed by atoms with E-state index in [4.69, 9.17) is 5.73 Å². The van der Waals surface area contributed by atoms with Crippen LogP contribution in [-0.4, -0.2) is 29.9 Å². The normalized spacial score (nSPS) is 21.3. The fourth-order valence-corrected chi connectivity index (χ4v) is 2.38. The number of rotatable bonds is 2. The fourth-order valence-electron chi connectivity index (χ4n) is 1.99. The lowest BCUT2D eigenvalue weighted by Gasteiger charge is -2.33. The maximum Gasteiger partial charge on any atom is 0.237 e. The molecular weight excluding hydrogens is 282 g/mol. The van der Waals surface area contributed by atoms with Gasteiger partial charge in [0, 0.05) is 29.8 Å². The molecule has 3 N–H and O–H groups in total. The molecule has 1 aromatic rings. The third-order valence-electron chi connectivity index (χ3n) is 3.11. The molecule has 0 aromatic heterocycles. The largest absolute Gasteiger partial charge is 0.398 e. The van der Waals surface area contributed by atoms with Gasteiger partial charge in [0.1, 0.15) is 0 Å². The number of carbonyl (C=O) groups is 1. The SMILES string of the molecule is CC1C(=O)NCCN1Cc1cccc(N)c1Br. The van der Waals surface area contributed by atoms with Crippen LogP contribution in [0.5, 0.6) is 0 Å².